The molecule has 9 nitrogen and oxygen atoms in total. The Morgan fingerprint density at radius 2 is 1.80 bits per heavy atom. The molecule has 1 amide bonds. The fraction of sp³-hybridized carbons (Fsp3) is 0.500. The van der Waals surface area contributed by atoms with Gasteiger partial charge in [-0.05, 0) is 67.6 Å². The molecule has 2 aromatic carbocycles. The number of aliphatic hydroxyl groups excluding tert-OH is 1. The Labute approximate surface area is 242 Å². The summed E-state index contributed by atoms with van der Waals surface area (Å²) in [5.41, 5.74) is 1.94. The number of ether oxygens (including phenoxy) is 4. The highest BCUT2D eigenvalue weighted by atomic mass is 16.5. The number of amides is 1. The summed E-state index contributed by atoms with van der Waals surface area (Å²) in [6, 6.07) is 9.95. The van der Waals surface area contributed by atoms with Gasteiger partial charge >= 0.3 is 0 Å². The topological polar surface area (TPSA) is 97.8 Å². The van der Waals surface area contributed by atoms with Gasteiger partial charge in [0.25, 0.3) is 11.7 Å². The summed E-state index contributed by atoms with van der Waals surface area (Å²) in [6.45, 7) is 13.1. The number of likely N-dealkylation sites (tertiary alicyclic amines) is 1. The molecule has 2 aliphatic rings. The number of aryl methyl sites for hydroxylation is 1. The molecule has 0 aliphatic carbocycles. The van der Waals surface area contributed by atoms with E-state index in [1.165, 1.54) is 0 Å². The predicted octanol–water partition coefficient (Wildman–Crippen LogP) is 4.58. The second-order valence-corrected chi connectivity index (χ2v) is 10.8. The van der Waals surface area contributed by atoms with Crippen LogP contribution in [0.4, 0.5) is 0 Å². The first-order chi connectivity index (χ1) is 19.7. The number of carbonyl (C=O) groups excluding carboxylic acids is 2. The average molecular weight is 567 g/mol. The first-order valence-electron chi connectivity index (χ1n) is 14.4. The molecule has 4 rings (SSSR count). The molecular weight excluding hydrogens is 524 g/mol. The number of nitrogens with zero attached hydrogens (tertiary/aromatic N) is 2. The molecule has 0 bridgehead atoms. The zero-order valence-electron chi connectivity index (χ0n) is 24.8. The van der Waals surface area contributed by atoms with Crippen LogP contribution in [0.3, 0.4) is 0 Å². The van der Waals surface area contributed by atoms with Crippen molar-refractivity contribution in [2.24, 2.45) is 5.92 Å². The van der Waals surface area contributed by atoms with E-state index in [0.717, 1.165) is 25.2 Å². The number of morpholine rings is 1. The minimum atomic E-state index is -0.777. The number of methoxy groups -OCH3 is 1. The molecule has 2 saturated heterocycles. The molecule has 0 saturated carbocycles. The van der Waals surface area contributed by atoms with E-state index >= 15 is 0 Å². The lowest BCUT2D eigenvalue weighted by molar-refractivity contribution is -0.140. The molecule has 9 heteroatoms. The van der Waals surface area contributed by atoms with Crippen LogP contribution in [0, 0.1) is 12.8 Å². The van der Waals surface area contributed by atoms with Gasteiger partial charge in [0.15, 0.2) is 11.5 Å². The van der Waals surface area contributed by atoms with Crippen molar-refractivity contribution in [1.29, 1.82) is 0 Å². The van der Waals surface area contributed by atoms with E-state index in [1.54, 1.807) is 36.3 Å². The molecule has 0 radical (unpaired) electrons. The minimum Gasteiger partial charge on any atom is -0.507 e. The van der Waals surface area contributed by atoms with Crippen LogP contribution in [0.2, 0.25) is 0 Å². The van der Waals surface area contributed by atoms with Gasteiger partial charge in [0.1, 0.15) is 11.5 Å². The molecule has 2 aromatic rings. The number of benzene rings is 2. The summed E-state index contributed by atoms with van der Waals surface area (Å²) in [6.07, 6.45) is 0.679. The summed E-state index contributed by atoms with van der Waals surface area (Å²) in [5.74, 6) is 0.580. The van der Waals surface area contributed by atoms with Crippen molar-refractivity contribution in [2.75, 3.05) is 59.7 Å². The van der Waals surface area contributed by atoms with Gasteiger partial charge < -0.3 is 29.0 Å². The third kappa shape index (κ3) is 7.02. The zero-order valence-corrected chi connectivity index (χ0v) is 24.8. The van der Waals surface area contributed by atoms with Crippen molar-refractivity contribution in [3.05, 3.63) is 58.7 Å². The number of Topliss-reactive ketones (excluding diaryl/α,β-unsaturated/α-hetero) is 1. The third-order valence-corrected chi connectivity index (χ3v) is 7.36. The Morgan fingerprint density at radius 1 is 1.05 bits per heavy atom. The second-order valence-electron chi connectivity index (χ2n) is 10.8. The Bertz CT molecular complexity index is 1270. The largest absolute Gasteiger partial charge is 0.507 e. The van der Waals surface area contributed by atoms with Gasteiger partial charge in [-0.3, -0.25) is 14.5 Å². The Kier molecular flexibility index (Phi) is 10.3. The number of ketones is 1. The Hall–Kier alpha value is -3.56. The molecule has 41 heavy (non-hydrogen) atoms. The Balaban J connectivity index is 1.72. The van der Waals surface area contributed by atoms with Crippen LogP contribution in [0.15, 0.2) is 42.0 Å². The zero-order chi connectivity index (χ0) is 29.5. The van der Waals surface area contributed by atoms with Crippen LogP contribution in [0.25, 0.3) is 5.76 Å². The maximum absolute atomic E-state index is 13.5. The number of rotatable bonds is 12. The van der Waals surface area contributed by atoms with E-state index in [0.29, 0.717) is 73.7 Å². The van der Waals surface area contributed by atoms with E-state index in [-0.39, 0.29) is 11.3 Å². The summed E-state index contributed by atoms with van der Waals surface area (Å²) >= 11 is 0. The molecule has 0 spiro atoms. The second kappa shape index (κ2) is 13.9. The lowest BCUT2D eigenvalue weighted by Gasteiger charge is -2.29. The first-order valence-corrected chi connectivity index (χ1v) is 14.4. The lowest BCUT2D eigenvalue weighted by atomic mass is 9.93. The normalized spacial score (nSPS) is 19.2. The molecular formula is C32H42N2O7. The fourth-order valence-electron chi connectivity index (χ4n) is 5.28. The van der Waals surface area contributed by atoms with E-state index in [2.05, 4.69) is 18.7 Å². The summed E-state index contributed by atoms with van der Waals surface area (Å²) in [7, 11) is 1.55. The van der Waals surface area contributed by atoms with Gasteiger partial charge in [-0.15, -0.1) is 0 Å². The average Bonchev–Trinajstić information content (AvgIpc) is 3.22. The highest BCUT2D eigenvalue weighted by Crippen LogP contribution is 2.42. The standard InChI is InChI=1S/C32H42N2O7/c1-6-40-26-11-8-23(19-27(26)38-5)29-28(30(35)25-10-9-24(18-22(25)4)41-20-21(2)3)31(36)32(37)34(29)13-7-12-33-14-16-39-17-15-33/h8-11,18-19,21,29,35H,6-7,12-17,20H2,1-5H3/b30-28-. The number of hydrogen-bond acceptors (Lipinski definition) is 8. The molecule has 2 aliphatic heterocycles. The van der Waals surface area contributed by atoms with Crippen LogP contribution in [-0.4, -0.2) is 86.3 Å². The maximum atomic E-state index is 13.5. The smallest absolute Gasteiger partial charge is 0.295 e. The fourth-order valence-corrected chi connectivity index (χ4v) is 5.28. The molecule has 0 aromatic heterocycles. The molecule has 222 valence electrons. The van der Waals surface area contributed by atoms with Crippen LogP contribution >= 0.6 is 0 Å². The summed E-state index contributed by atoms with van der Waals surface area (Å²) in [5, 5.41) is 11.6. The molecule has 1 N–H and O–H groups in total. The van der Waals surface area contributed by atoms with Gasteiger partial charge in [-0.25, -0.2) is 0 Å². The van der Waals surface area contributed by atoms with E-state index in [1.807, 2.05) is 26.0 Å². The Morgan fingerprint density at radius 3 is 2.46 bits per heavy atom. The highest BCUT2D eigenvalue weighted by Gasteiger charge is 2.46. The molecule has 2 fully saturated rings. The van der Waals surface area contributed by atoms with Crippen molar-refractivity contribution in [3.8, 4) is 17.2 Å². The van der Waals surface area contributed by atoms with Crippen molar-refractivity contribution < 1.29 is 33.6 Å². The quantitative estimate of drug-likeness (QED) is 0.227. The van der Waals surface area contributed by atoms with Crippen LogP contribution in [0.1, 0.15) is 49.9 Å². The number of hydrogen-bond donors (Lipinski definition) is 1. The van der Waals surface area contributed by atoms with Crippen molar-refractivity contribution in [2.45, 2.75) is 40.2 Å². The summed E-state index contributed by atoms with van der Waals surface area (Å²) in [4.78, 5) is 30.9. The van der Waals surface area contributed by atoms with Gasteiger partial charge in [0.2, 0.25) is 0 Å². The SMILES string of the molecule is CCOc1ccc(C2/C(=C(/O)c3ccc(OCC(C)C)cc3C)C(=O)C(=O)N2CCCN2CCOCC2)cc1OC. The van der Waals surface area contributed by atoms with Crippen molar-refractivity contribution >= 4 is 17.4 Å². The molecule has 1 atom stereocenters. The van der Waals surface area contributed by atoms with Gasteiger partial charge in [0, 0.05) is 31.7 Å². The van der Waals surface area contributed by atoms with Crippen molar-refractivity contribution in [1.82, 2.24) is 9.80 Å². The van der Waals surface area contributed by atoms with Crippen LogP contribution in [-0.2, 0) is 14.3 Å². The van der Waals surface area contributed by atoms with Gasteiger partial charge in [-0.1, -0.05) is 19.9 Å². The maximum Gasteiger partial charge on any atom is 0.295 e. The van der Waals surface area contributed by atoms with E-state index < -0.39 is 17.7 Å². The van der Waals surface area contributed by atoms with Crippen molar-refractivity contribution in [3.63, 3.8) is 0 Å². The molecule has 1 unspecified atom stereocenters. The van der Waals surface area contributed by atoms with E-state index in [9.17, 15) is 14.7 Å². The molecule has 2 heterocycles. The monoisotopic (exact) mass is 566 g/mol. The predicted molar refractivity (Wildman–Crippen MR) is 157 cm³/mol. The third-order valence-electron chi connectivity index (χ3n) is 7.36. The van der Waals surface area contributed by atoms with E-state index in [4.69, 9.17) is 18.9 Å². The van der Waals surface area contributed by atoms with Crippen LogP contribution < -0.4 is 14.2 Å². The highest BCUT2D eigenvalue weighted by molar-refractivity contribution is 6.46. The van der Waals surface area contributed by atoms with Gasteiger partial charge in [-0.2, -0.15) is 0 Å². The summed E-state index contributed by atoms with van der Waals surface area (Å²) < 4.78 is 22.5. The number of carbonyl (C=O) groups is 2. The minimum absolute atomic E-state index is 0.0616. The van der Waals surface area contributed by atoms with Crippen LogP contribution in [0.5, 0.6) is 17.2 Å². The first kappa shape index (κ1) is 30.4. The van der Waals surface area contributed by atoms with Gasteiger partial charge in [0.05, 0.1) is 45.2 Å². The lowest BCUT2D eigenvalue weighted by Crippen LogP contribution is -2.39. The number of aliphatic hydroxyl groups is 1.